The number of ether oxygens (including phenoxy) is 1. The molecule has 0 amide bonds. The van der Waals surface area contributed by atoms with E-state index in [2.05, 4.69) is 13.8 Å². The van der Waals surface area contributed by atoms with Crippen LogP contribution < -0.4 is 0 Å². The summed E-state index contributed by atoms with van der Waals surface area (Å²) in [5.74, 6) is 1.50. The lowest BCUT2D eigenvalue weighted by Crippen LogP contribution is -2.68. The van der Waals surface area contributed by atoms with Crippen LogP contribution in [0.4, 0.5) is 0 Å². The minimum atomic E-state index is -0.769. The molecule has 10 atom stereocenters. The van der Waals surface area contributed by atoms with Gasteiger partial charge in [0.05, 0.1) is 35.9 Å². The third-order valence-corrected chi connectivity index (χ3v) is 9.81. The Balaban J connectivity index is 1.54. The van der Waals surface area contributed by atoms with Crippen LogP contribution in [0, 0.1) is 34.5 Å². The molecule has 1 heterocycles. The maximum absolute atomic E-state index is 12.0. The first-order chi connectivity index (χ1) is 11.8. The second kappa shape index (κ2) is 5.21. The summed E-state index contributed by atoms with van der Waals surface area (Å²) < 4.78 is 5.99. The Kier molecular flexibility index (Phi) is 3.54. The van der Waals surface area contributed by atoms with Gasteiger partial charge in [-0.25, -0.2) is 0 Å². The Morgan fingerprint density at radius 3 is 2.52 bits per heavy atom. The number of rotatable bonds is 0. The minimum Gasteiger partial charge on any atom is -0.393 e. The van der Waals surface area contributed by atoms with E-state index in [1.54, 1.807) is 0 Å². The average Bonchev–Trinajstić information content (AvgIpc) is 3.07. The lowest BCUT2D eigenvalue weighted by Gasteiger charge is -2.64. The highest BCUT2D eigenvalue weighted by Gasteiger charge is 2.74. The van der Waals surface area contributed by atoms with Crippen molar-refractivity contribution in [3.63, 3.8) is 0 Å². The molecule has 4 aliphatic carbocycles. The quantitative estimate of drug-likeness (QED) is 0.628. The third kappa shape index (κ3) is 1.88. The van der Waals surface area contributed by atoms with Gasteiger partial charge in [0, 0.05) is 0 Å². The first-order valence-electron chi connectivity index (χ1n) is 10.5. The highest BCUT2D eigenvalue weighted by Crippen LogP contribution is 2.70. The van der Waals surface area contributed by atoms with E-state index in [4.69, 9.17) is 4.74 Å². The molecule has 0 bridgehead atoms. The van der Waals surface area contributed by atoms with Crippen molar-refractivity contribution in [2.24, 2.45) is 34.5 Å². The molecular weight excluding hydrogens is 316 g/mol. The molecule has 5 rings (SSSR count). The summed E-state index contributed by atoms with van der Waals surface area (Å²) >= 11 is 0. The lowest BCUT2D eigenvalue weighted by molar-refractivity contribution is -0.248. The zero-order valence-corrected chi connectivity index (χ0v) is 15.7. The van der Waals surface area contributed by atoms with Gasteiger partial charge in [-0.05, 0) is 87.4 Å². The van der Waals surface area contributed by atoms with E-state index in [0.717, 1.165) is 51.4 Å². The minimum absolute atomic E-state index is 0.150. The molecule has 2 unspecified atom stereocenters. The number of hydrogen-bond donors (Lipinski definition) is 3. The van der Waals surface area contributed by atoms with Gasteiger partial charge in [-0.2, -0.15) is 0 Å². The van der Waals surface area contributed by atoms with Crippen molar-refractivity contribution in [1.82, 2.24) is 0 Å². The van der Waals surface area contributed by atoms with Gasteiger partial charge in [-0.15, -0.1) is 0 Å². The van der Waals surface area contributed by atoms with Crippen molar-refractivity contribution in [3.05, 3.63) is 0 Å². The highest BCUT2D eigenvalue weighted by molar-refractivity contribution is 5.23. The van der Waals surface area contributed by atoms with Crippen LogP contribution in [-0.4, -0.2) is 45.8 Å². The predicted molar refractivity (Wildman–Crippen MR) is 93.8 cm³/mol. The smallest absolute Gasteiger partial charge is 0.0785 e. The molecule has 4 heteroatoms. The largest absolute Gasteiger partial charge is 0.393 e. The van der Waals surface area contributed by atoms with Crippen LogP contribution in [0.5, 0.6) is 0 Å². The molecule has 5 fully saturated rings. The van der Waals surface area contributed by atoms with Crippen molar-refractivity contribution in [2.45, 2.75) is 89.1 Å². The number of fused-ring (bicyclic) bond motifs is 4. The van der Waals surface area contributed by atoms with Gasteiger partial charge in [-0.3, -0.25) is 0 Å². The molecule has 3 N–H and O–H groups in total. The molecule has 0 aromatic carbocycles. The van der Waals surface area contributed by atoms with Crippen LogP contribution in [0.2, 0.25) is 0 Å². The fourth-order valence-corrected chi connectivity index (χ4v) is 8.45. The zero-order chi connectivity index (χ0) is 17.6. The van der Waals surface area contributed by atoms with Crippen molar-refractivity contribution in [2.75, 3.05) is 6.61 Å². The molecule has 1 aliphatic heterocycles. The summed E-state index contributed by atoms with van der Waals surface area (Å²) in [5, 5.41) is 33.5. The fraction of sp³-hybridized carbons (Fsp3) is 1.00. The Morgan fingerprint density at radius 2 is 1.72 bits per heavy atom. The van der Waals surface area contributed by atoms with E-state index in [1.165, 1.54) is 0 Å². The lowest BCUT2D eigenvalue weighted by atomic mass is 9.42. The van der Waals surface area contributed by atoms with Gasteiger partial charge in [0.1, 0.15) is 0 Å². The zero-order valence-electron chi connectivity index (χ0n) is 15.7. The van der Waals surface area contributed by atoms with Crippen LogP contribution in [-0.2, 0) is 4.74 Å². The van der Waals surface area contributed by atoms with Gasteiger partial charge in [-0.1, -0.05) is 6.92 Å². The molecule has 0 aromatic heterocycles. The molecule has 1 saturated heterocycles. The predicted octanol–water partition coefficient (Wildman–Crippen LogP) is 2.49. The Morgan fingerprint density at radius 1 is 0.920 bits per heavy atom. The molecule has 4 nitrogen and oxygen atoms in total. The standard InChI is InChI=1S/C21H34O4/c1-12-15-6-8-21(24)16-4-3-13-9-14(22)5-7-19(13,2)17(16)10-18(23)20(15,21)11-25-12/h12-18,22-24H,3-11H2,1-2H3/t12?,13-,14-,15+,16+,17-,18+,19-,20?,21-/m0/s1. The van der Waals surface area contributed by atoms with E-state index in [-0.39, 0.29) is 23.5 Å². The summed E-state index contributed by atoms with van der Waals surface area (Å²) in [7, 11) is 0. The van der Waals surface area contributed by atoms with Crippen LogP contribution in [0.15, 0.2) is 0 Å². The van der Waals surface area contributed by atoms with Gasteiger partial charge >= 0.3 is 0 Å². The molecule has 5 aliphatic rings. The number of aliphatic hydroxyl groups is 3. The van der Waals surface area contributed by atoms with E-state index < -0.39 is 17.1 Å². The van der Waals surface area contributed by atoms with Crippen LogP contribution in [0.1, 0.15) is 65.2 Å². The molecule has 4 saturated carbocycles. The van der Waals surface area contributed by atoms with Crippen molar-refractivity contribution in [1.29, 1.82) is 0 Å². The number of aliphatic hydroxyl groups excluding tert-OH is 2. The van der Waals surface area contributed by atoms with E-state index >= 15 is 0 Å². The highest BCUT2D eigenvalue weighted by atomic mass is 16.5. The summed E-state index contributed by atoms with van der Waals surface area (Å²) in [6.45, 7) is 5.03. The monoisotopic (exact) mass is 350 g/mol. The van der Waals surface area contributed by atoms with Gasteiger partial charge in [0.25, 0.3) is 0 Å². The topological polar surface area (TPSA) is 69.9 Å². The average molecular weight is 350 g/mol. The van der Waals surface area contributed by atoms with E-state index in [9.17, 15) is 15.3 Å². The van der Waals surface area contributed by atoms with Gasteiger partial charge < -0.3 is 20.1 Å². The Bertz CT molecular complexity index is 566. The van der Waals surface area contributed by atoms with Crippen molar-refractivity contribution in [3.8, 4) is 0 Å². The van der Waals surface area contributed by atoms with Gasteiger partial charge in [0.15, 0.2) is 0 Å². The maximum atomic E-state index is 12.0. The normalized spacial score (nSPS) is 63.5. The third-order valence-electron chi connectivity index (χ3n) is 9.81. The second-order valence-corrected chi connectivity index (χ2v) is 10.3. The summed E-state index contributed by atoms with van der Waals surface area (Å²) in [6.07, 6.45) is 7.13. The number of hydrogen-bond acceptors (Lipinski definition) is 4. The second-order valence-electron chi connectivity index (χ2n) is 10.3. The summed E-state index contributed by atoms with van der Waals surface area (Å²) in [4.78, 5) is 0. The first-order valence-corrected chi connectivity index (χ1v) is 10.5. The first kappa shape index (κ1) is 17.0. The molecule has 1 spiro atoms. The molecule has 0 radical (unpaired) electrons. The molecule has 142 valence electrons. The van der Waals surface area contributed by atoms with E-state index in [1.807, 2.05) is 0 Å². The molecule has 25 heavy (non-hydrogen) atoms. The van der Waals surface area contributed by atoms with Crippen LogP contribution in [0.25, 0.3) is 0 Å². The van der Waals surface area contributed by atoms with Crippen LogP contribution >= 0.6 is 0 Å². The Hall–Kier alpha value is -0.160. The SMILES string of the molecule is CC1OCC23[C@H](O)C[C@H]4[C@@H](CC[C@H]5C[C@@H](O)CC[C@@]54C)[C@@]2(O)CC[C@H]13. The molecular formula is C21H34O4. The van der Waals surface area contributed by atoms with Crippen LogP contribution in [0.3, 0.4) is 0 Å². The maximum Gasteiger partial charge on any atom is 0.0785 e. The molecule has 0 aromatic rings. The van der Waals surface area contributed by atoms with Crippen molar-refractivity contribution >= 4 is 0 Å². The summed E-state index contributed by atoms with van der Waals surface area (Å²) in [6, 6.07) is 0. The Labute approximate surface area is 151 Å². The van der Waals surface area contributed by atoms with E-state index in [0.29, 0.717) is 24.4 Å². The van der Waals surface area contributed by atoms with Gasteiger partial charge in [0.2, 0.25) is 0 Å². The fourth-order valence-electron chi connectivity index (χ4n) is 8.45. The summed E-state index contributed by atoms with van der Waals surface area (Å²) in [5.41, 5.74) is -1.05. The van der Waals surface area contributed by atoms with Crippen molar-refractivity contribution < 1.29 is 20.1 Å².